The molecule has 0 N–H and O–H groups in total. The molecule has 0 atom stereocenters. The summed E-state index contributed by atoms with van der Waals surface area (Å²) < 4.78 is 41.7. The number of carbonyl (C=O) groups is 1. The van der Waals surface area contributed by atoms with Gasteiger partial charge in [-0.25, -0.2) is 0 Å². The van der Waals surface area contributed by atoms with E-state index in [1.807, 2.05) is 0 Å². The maximum absolute atomic E-state index is 12.4. The number of esters is 1. The number of nitrogens with zero attached hydrogens (tertiary/aromatic N) is 1. The Morgan fingerprint density at radius 1 is 1.50 bits per heavy atom. The van der Waals surface area contributed by atoms with E-state index in [1.54, 1.807) is 6.92 Å². The number of aromatic nitrogens is 1. The molecule has 0 radical (unpaired) electrons. The Morgan fingerprint density at radius 2 is 2.22 bits per heavy atom. The van der Waals surface area contributed by atoms with E-state index < -0.39 is 17.8 Å². The van der Waals surface area contributed by atoms with E-state index in [1.165, 1.54) is 18.2 Å². The van der Waals surface area contributed by atoms with E-state index in [0.717, 1.165) is 12.3 Å². The molecule has 0 saturated carbocycles. The second-order valence-electron chi connectivity index (χ2n) is 3.38. The lowest BCUT2D eigenvalue weighted by molar-refractivity contribution is -0.142. The van der Waals surface area contributed by atoms with Crippen molar-refractivity contribution >= 4 is 12.0 Å². The first-order valence-electron chi connectivity index (χ1n) is 5.29. The van der Waals surface area contributed by atoms with Gasteiger partial charge in [0.2, 0.25) is 0 Å². The molecule has 0 amide bonds. The van der Waals surface area contributed by atoms with Crippen molar-refractivity contribution in [1.29, 1.82) is 0 Å². The molecule has 1 heterocycles. The molecule has 98 valence electrons. The molecule has 0 aliphatic carbocycles. The summed E-state index contributed by atoms with van der Waals surface area (Å²) in [5.74, 6) is -0.418. The van der Waals surface area contributed by atoms with Crippen molar-refractivity contribution in [3.63, 3.8) is 0 Å². The van der Waals surface area contributed by atoms with Gasteiger partial charge in [0.1, 0.15) is 5.69 Å². The third-order valence-electron chi connectivity index (χ3n) is 1.97. The number of carbonyl (C=O) groups excluding carboxylic acids is 1. The molecule has 0 aromatic carbocycles. The monoisotopic (exact) mass is 259 g/mol. The highest BCUT2D eigenvalue weighted by Crippen LogP contribution is 2.27. The third kappa shape index (κ3) is 4.57. The number of hydrogen-bond acceptors (Lipinski definition) is 3. The van der Waals surface area contributed by atoms with Crippen molar-refractivity contribution in [2.24, 2.45) is 0 Å². The summed E-state index contributed by atoms with van der Waals surface area (Å²) in [6.07, 6.45) is -0.489. The Labute approximate surface area is 102 Å². The van der Waals surface area contributed by atoms with E-state index in [0.29, 0.717) is 5.56 Å². The van der Waals surface area contributed by atoms with Gasteiger partial charge in [-0.2, -0.15) is 13.2 Å². The highest BCUT2D eigenvalue weighted by Gasteiger charge is 2.32. The summed E-state index contributed by atoms with van der Waals surface area (Å²) in [6.45, 7) is 1.96. The van der Waals surface area contributed by atoms with Crippen molar-refractivity contribution in [1.82, 2.24) is 4.98 Å². The molecule has 3 nitrogen and oxygen atoms in total. The lowest BCUT2D eigenvalue weighted by atomic mass is 10.2. The fraction of sp³-hybridized carbons (Fsp3) is 0.333. The van der Waals surface area contributed by atoms with Crippen LogP contribution in [0.5, 0.6) is 0 Å². The predicted octanol–water partition coefficient (Wildman–Crippen LogP) is 3.07. The number of ether oxygens (including phenoxy) is 1. The summed E-state index contributed by atoms with van der Waals surface area (Å²) in [6, 6.07) is 2.35. The Bertz CT molecular complexity index is 441. The highest BCUT2D eigenvalue weighted by atomic mass is 19.4. The Balaban J connectivity index is 2.68. The molecule has 0 fully saturated rings. The zero-order valence-electron chi connectivity index (χ0n) is 9.70. The number of halogens is 3. The zero-order valence-corrected chi connectivity index (χ0v) is 9.70. The van der Waals surface area contributed by atoms with Gasteiger partial charge in [0.05, 0.1) is 13.0 Å². The van der Waals surface area contributed by atoms with Gasteiger partial charge in [0, 0.05) is 6.20 Å². The molecule has 1 rings (SSSR count). The van der Waals surface area contributed by atoms with E-state index in [2.05, 4.69) is 9.72 Å². The average molecular weight is 259 g/mol. The van der Waals surface area contributed by atoms with Crippen LogP contribution in [0, 0.1) is 0 Å². The van der Waals surface area contributed by atoms with Crippen LogP contribution in [0.2, 0.25) is 0 Å². The normalized spacial score (nSPS) is 11.8. The number of pyridine rings is 1. The molecule has 0 spiro atoms. The molecule has 1 aromatic rings. The van der Waals surface area contributed by atoms with Gasteiger partial charge >= 0.3 is 12.1 Å². The van der Waals surface area contributed by atoms with Crippen molar-refractivity contribution < 1.29 is 22.7 Å². The topological polar surface area (TPSA) is 39.2 Å². The van der Waals surface area contributed by atoms with Crippen LogP contribution >= 0.6 is 0 Å². The summed E-state index contributed by atoms with van der Waals surface area (Å²) in [7, 11) is 0. The minimum absolute atomic E-state index is 0.0253. The third-order valence-corrected chi connectivity index (χ3v) is 1.97. The Morgan fingerprint density at radius 3 is 2.83 bits per heavy atom. The second-order valence-corrected chi connectivity index (χ2v) is 3.38. The number of hydrogen-bond donors (Lipinski definition) is 0. The van der Waals surface area contributed by atoms with Crippen LogP contribution < -0.4 is 0 Å². The predicted molar refractivity (Wildman–Crippen MR) is 59.5 cm³/mol. The van der Waals surface area contributed by atoms with Gasteiger partial charge in [-0.15, -0.1) is 0 Å². The molecular weight excluding hydrogens is 247 g/mol. The zero-order chi connectivity index (χ0) is 13.6. The fourth-order valence-electron chi connectivity index (χ4n) is 1.22. The van der Waals surface area contributed by atoms with Crippen molar-refractivity contribution in [3.8, 4) is 0 Å². The van der Waals surface area contributed by atoms with Gasteiger partial charge in [0.15, 0.2) is 0 Å². The van der Waals surface area contributed by atoms with E-state index >= 15 is 0 Å². The first-order valence-corrected chi connectivity index (χ1v) is 5.29. The standard InChI is InChI=1S/C12H12F3NO2/c1-2-18-11(17)5-3-4-9-6-7-16-10(8-9)12(13,14)15/h3-4,6-8H,2,5H2,1H3. The number of alkyl halides is 3. The van der Waals surface area contributed by atoms with Gasteiger partial charge in [-0.3, -0.25) is 9.78 Å². The maximum Gasteiger partial charge on any atom is 0.433 e. The molecule has 0 aliphatic heterocycles. The average Bonchev–Trinajstić information content (AvgIpc) is 2.29. The van der Waals surface area contributed by atoms with Crippen LogP contribution in [-0.2, 0) is 15.7 Å². The van der Waals surface area contributed by atoms with Gasteiger partial charge < -0.3 is 4.74 Å². The van der Waals surface area contributed by atoms with Crippen molar-refractivity contribution in [2.75, 3.05) is 6.61 Å². The first kappa shape index (κ1) is 14.2. The Hall–Kier alpha value is -1.85. The highest BCUT2D eigenvalue weighted by molar-refractivity contribution is 5.72. The molecule has 6 heteroatoms. The number of rotatable bonds is 4. The van der Waals surface area contributed by atoms with Gasteiger partial charge in [-0.05, 0) is 24.6 Å². The lowest BCUT2D eigenvalue weighted by Crippen LogP contribution is -2.07. The molecule has 0 unspecified atom stereocenters. The van der Waals surface area contributed by atoms with E-state index in [9.17, 15) is 18.0 Å². The van der Waals surface area contributed by atoms with Crippen molar-refractivity contribution in [3.05, 3.63) is 35.7 Å². The molecule has 0 aliphatic rings. The maximum atomic E-state index is 12.4. The minimum Gasteiger partial charge on any atom is -0.466 e. The summed E-state index contributed by atoms with van der Waals surface area (Å²) >= 11 is 0. The lowest BCUT2D eigenvalue weighted by Gasteiger charge is -2.05. The van der Waals surface area contributed by atoms with E-state index in [-0.39, 0.29) is 13.0 Å². The van der Waals surface area contributed by atoms with Crippen LogP contribution in [-0.4, -0.2) is 17.6 Å². The summed E-state index contributed by atoms with van der Waals surface area (Å²) in [5, 5.41) is 0. The van der Waals surface area contributed by atoms with Gasteiger partial charge in [-0.1, -0.05) is 12.2 Å². The molecule has 0 bridgehead atoms. The second kappa shape index (κ2) is 6.18. The molecule has 0 saturated heterocycles. The van der Waals surface area contributed by atoms with Crippen molar-refractivity contribution in [2.45, 2.75) is 19.5 Å². The van der Waals surface area contributed by atoms with Crippen LogP contribution in [0.3, 0.4) is 0 Å². The Kier molecular flexibility index (Phi) is 4.88. The first-order chi connectivity index (χ1) is 8.43. The van der Waals surface area contributed by atoms with Crippen LogP contribution in [0.4, 0.5) is 13.2 Å². The van der Waals surface area contributed by atoms with E-state index in [4.69, 9.17) is 0 Å². The summed E-state index contributed by atoms with van der Waals surface area (Å²) in [5.41, 5.74) is -0.623. The van der Waals surface area contributed by atoms with Gasteiger partial charge in [0.25, 0.3) is 0 Å². The molecule has 1 aromatic heterocycles. The van der Waals surface area contributed by atoms with Crippen LogP contribution in [0.15, 0.2) is 24.4 Å². The fourth-order valence-corrected chi connectivity index (χ4v) is 1.22. The largest absolute Gasteiger partial charge is 0.466 e. The molecular formula is C12H12F3NO2. The SMILES string of the molecule is CCOC(=O)CC=Cc1ccnc(C(F)(F)F)c1. The smallest absolute Gasteiger partial charge is 0.433 e. The van der Waals surface area contributed by atoms with Crippen LogP contribution in [0.1, 0.15) is 24.6 Å². The summed E-state index contributed by atoms with van der Waals surface area (Å²) in [4.78, 5) is 14.2. The van der Waals surface area contributed by atoms with Crippen LogP contribution in [0.25, 0.3) is 6.08 Å². The molecule has 18 heavy (non-hydrogen) atoms. The minimum atomic E-state index is -4.47. The quantitative estimate of drug-likeness (QED) is 0.780.